The number of aryl methyl sites for hydroxylation is 3. The molecule has 3 rings (SSSR count). The van der Waals surface area contributed by atoms with Gasteiger partial charge in [-0.15, -0.1) is 0 Å². The number of benzene rings is 2. The number of aromatic nitrogens is 2. The average molecular weight is 365 g/mol. The van der Waals surface area contributed by atoms with E-state index in [1.54, 1.807) is 0 Å². The number of nitrogens with one attached hydrogen (secondary N) is 2. The van der Waals surface area contributed by atoms with Crippen molar-refractivity contribution in [2.24, 2.45) is 7.05 Å². The predicted molar refractivity (Wildman–Crippen MR) is 117 cm³/mol. The molecule has 0 atom stereocenters. The Bertz CT molecular complexity index is 937. The van der Waals surface area contributed by atoms with Crippen molar-refractivity contribution in [2.45, 2.75) is 53.4 Å². The Morgan fingerprint density at radius 2 is 1.74 bits per heavy atom. The number of hydrogen-bond acceptors (Lipinski definition) is 3. The zero-order valence-corrected chi connectivity index (χ0v) is 17.7. The van der Waals surface area contributed by atoms with Crippen LogP contribution in [0.3, 0.4) is 0 Å². The van der Waals surface area contributed by atoms with Gasteiger partial charge in [0.1, 0.15) is 0 Å². The van der Waals surface area contributed by atoms with E-state index in [4.69, 9.17) is 4.98 Å². The molecule has 0 saturated heterocycles. The van der Waals surface area contributed by atoms with Gasteiger partial charge in [0.2, 0.25) is 5.95 Å². The normalized spacial score (nSPS) is 11.8. The van der Waals surface area contributed by atoms with E-state index in [0.717, 1.165) is 41.3 Å². The summed E-state index contributed by atoms with van der Waals surface area (Å²) in [5.41, 5.74) is 8.41. The highest BCUT2D eigenvalue weighted by Crippen LogP contribution is 2.33. The summed E-state index contributed by atoms with van der Waals surface area (Å²) in [6.07, 6.45) is 1.10. The first-order valence-corrected chi connectivity index (χ1v) is 9.80. The van der Waals surface area contributed by atoms with Crippen LogP contribution in [0.15, 0.2) is 30.3 Å². The number of para-hydroxylation sites is 1. The predicted octanol–water partition coefficient (Wildman–Crippen LogP) is 6.05. The molecule has 27 heavy (non-hydrogen) atoms. The summed E-state index contributed by atoms with van der Waals surface area (Å²) in [6, 6.07) is 10.8. The number of fused-ring (bicyclic) bond motifs is 1. The maximum absolute atomic E-state index is 4.84. The SMILES string of the molecule is CCCNc1cccc2nc(Nc3c(C)cc(C(C)(C)C)cc3C)n(C)c12. The van der Waals surface area contributed by atoms with Gasteiger partial charge in [-0.25, -0.2) is 4.98 Å². The molecule has 0 aliphatic heterocycles. The molecule has 1 aromatic heterocycles. The van der Waals surface area contributed by atoms with Gasteiger partial charge < -0.3 is 15.2 Å². The van der Waals surface area contributed by atoms with E-state index in [1.165, 1.54) is 16.7 Å². The third kappa shape index (κ3) is 3.80. The third-order valence-electron chi connectivity index (χ3n) is 5.10. The molecule has 4 nitrogen and oxygen atoms in total. The van der Waals surface area contributed by atoms with Crippen molar-refractivity contribution in [3.63, 3.8) is 0 Å². The quantitative estimate of drug-likeness (QED) is 0.579. The molecule has 0 spiro atoms. The average Bonchev–Trinajstić information content (AvgIpc) is 2.91. The zero-order chi connectivity index (χ0) is 19.8. The van der Waals surface area contributed by atoms with Crippen LogP contribution in [-0.4, -0.2) is 16.1 Å². The Balaban J connectivity index is 2.02. The van der Waals surface area contributed by atoms with Gasteiger partial charge >= 0.3 is 0 Å². The lowest BCUT2D eigenvalue weighted by atomic mass is 9.85. The molecule has 1 heterocycles. The lowest BCUT2D eigenvalue weighted by molar-refractivity contribution is 0.589. The second-order valence-corrected chi connectivity index (χ2v) is 8.45. The van der Waals surface area contributed by atoms with E-state index >= 15 is 0 Å². The van der Waals surface area contributed by atoms with E-state index in [-0.39, 0.29) is 5.41 Å². The molecule has 0 bridgehead atoms. The van der Waals surface area contributed by atoms with E-state index in [0.29, 0.717) is 0 Å². The topological polar surface area (TPSA) is 41.9 Å². The van der Waals surface area contributed by atoms with Gasteiger partial charge in [-0.1, -0.05) is 45.9 Å². The van der Waals surface area contributed by atoms with Crippen LogP contribution in [0, 0.1) is 13.8 Å². The van der Waals surface area contributed by atoms with Crippen LogP contribution in [0.1, 0.15) is 50.8 Å². The van der Waals surface area contributed by atoms with E-state index in [2.05, 4.69) is 94.1 Å². The van der Waals surface area contributed by atoms with Crippen LogP contribution in [0.5, 0.6) is 0 Å². The van der Waals surface area contributed by atoms with Gasteiger partial charge in [0, 0.05) is 19.3 Å². The highest BCUT2D eigenvalue weighted by atomic mass is 15.2. The lowest BCUT2D eigenvalue weighted by Crippen LogP contribution is -2.12. The van der Waals surface area contributed by atoms with Gasteiger partial charge in [0.25, 0.3) is 0 Å². The molecule has 2 aromatic carbocycles. The lowest BCUT2D eigenvalue weighted by Gasteiger charge is -2.22. The van der Waals surface area contributed by atoms with Crippen molar-refractivity contribution in [1.29, 1.82) is 0 Å². The second-order valence-electron chi connectivity index (χ2n) is 8.45. The first-order valence-electron chi connectivity index (χ1n) is 9.80. The molecule has 0 radical (unpaired) electrons. The van der Waals surface area contributed by atoms with Crippen molar-refractivity contribution in [2.75, 3.05) is 17.2 Å². The van der Waals surface area contributed by atoms with Gasteiger partial charge in [-0.05, 0) is 54.5 Å². The highest BCUT2D eigenvalue weighted by Gasteiger charge is 2.18. The number of imidazole rings is 1. The molecular weight excluding hydrogens is 332 g/mol. The van der Waals surface area contributed by atoms with E-state index in [9.17, 15) is 0 Å². The summed E-state index contributed by atoms with van der Waals surface area (Å²) < 4.78 is 2.14. The highest BCUT2D eigenvalue weighted by molar-refractivity contribution is 5.91. The molecule has 2 N–H and O–H groups in total. The fraction of sp³-hybridized carbons (Fsp3) is 0.435. The van der Waals surface area contributed by atoms with Crippen molar-refractivity contribution in [3.8, 4) is 0 Å². The van der Waals surface area contributed by atoms with Crippen LogP contribution >= 0.6 is 0 Å². The third-order valence-corrected chi connectivity index (χ3v) is 5.10. The van der Waals surface area contributed by atoms with Crippen molar-refractivity contribution >= 4 is 28.4 Å². The molecule has 4 heteroatoms. The number of rotatable bonds is 5. The van der Waals surface area contributed by atoms with E-state index in [1.807, 2.05) is 0 Å². The Morgan fingerprint density at radius 1 is 1.07 bits per heavy atom. The minimum atomic E-state index is 0.145. The van der Waals surface area contributed by atoms with Gasteiger partial charge in [0.15, 0.2) is 0 Å². The number of nitrogens with zero attached hydrogens (tertiary/aromatic N) is 2. The molecular formula is C23H32N4. The van der Waals surface area contributed by atoms with Crippen molar-refractivity contribution in [3.05, 3.63) is 47.0 Å². The van der Waals surface area contributed by atoms with Gasteiger partial charge in [-0.3, -0.25) is 0 Å². The fourth-order valence-corrected chi connectivity index (χ4v) is 3.49. The minimum absolute atomic E-state index is 0.145. The Morgan fingerprint density at radius 3 is 2.33 bits per heavy atom. The van der Waals surface area contributed by atoms with E-state index < -0.39 is 0 Å². The molecule has 144 valence electrons. The summed E-state index contributed by atoms with van der Waals surface area (Å²) in [5.74, 6) is 0.866. The van der Waals surface area contributed by atoms with Crippen LogP contribution in [0.25, 0.3) is 11.0 Å². The molecule has 0 aliphatic carbocycles. The standard InChI is InChI=1S/C23H32N4/c1-8-12-24-18-10-9-11-19-21(18)27(7)22(25-19)26-20-15(2)13-17(14-16(20)3)23(4,5)6/h9-11,13-14,24H,8,12H2,1-7H3,(H,25,26). The monoisotopic (exact) mass is 364 g/mol. The van der Waals surface area contributed by atoms with Gasteiger partial charge in [-0.2, -0.15) is 0 Å². The molecule has 0 fully saturated rings. The fourth-order valence-electron chi connectivity index (χ4n) is 3.49. The second kappa shape index (κ2) is 7.26. The van der Waals surface area contributed by atoms with Crippen LogP contribution in [0.4, 0.5) is 17.3 Å². The Labute approximate surface area is 163 Å². The molecule has 0 aliphatic rings. The van der Waals surface area contributed by atoms with Crippen LogP contribution in [-0.2, 0) is 12.5 Å². The summed E-state index contributed by atoms with van der Waals surface area (Å²) in [6.45, 7) is 14.2. The first kappa shape index (κ1) is 19.3. The molecule has 0 amide bonds. The summed E-state index contributed by atoms with van der Waals surface area (Å²) >= 11 is 0. The summed E-state index contributed by atoms with van der Waals surface area (Å²) in [4.78, 5) is 4.84. The number of anilines is 3. The minimum Gasteiger partial charge on any atom is -0.383 e. The number of hydrogen-bond donors (Lipinski definition) is 2. The molecule has 3 aromatic rings. The Kier molecular flexibility index (Phi) is 5.18. The maximum Gasteiger partial charge on any atom is 0.208 e. The van der Waals surface area contributed by atoms with Crippen LogP contribution in [0.2, 0.25) is 0 Å². The largest absolute Gasteiger partial charge is 0.383 e. The van der Waals surface area contributed by atoms with Gasteiger partial charge in [0.05, 0.1) is 16.7 Å². The molecule has 0 saturated carbocycles. The van der Waals surface area contributed by atoms with Crippen LogP contribution < -0.4 is 10.6 Å². The van der Waals surface area contributed by atoms with Crippen molar-refractivity contribution < 1.29 is 0 Å². The maximum atomic E-state index is 4.84. The molecule has 0 unspecified atom stereocenters. The Hall–Kier alpha value is -2.49. The smallest absolute Gasteiger partial charge is 0.208 e. The summed E-state index contributed by atoms with van der Waals surface area (Å²) in [7, 11) is 2.07. The van der Waals surface area contributed by atoms with Crippen molar-refractivity contribution in [1.82, 2.24) is 9.55 Å². The zero-order valence-electron chi connectivity index (χ0n) is 17.7. The first-order chi connectivity index (χ1) is 12.7. The summed E-state index contributed by atoms with van der Waals surface area (Å²) in [5, 5.41) is 7.10.